The van der Waals surface area contributed by atoms with Crippen molar-refractivity contribution in [2.75, 3.05) is 24.8 Å². The van der Waals surface area contributed by atoms with Gasteiger partial charge in [-0.25, -0.2) is 0 Å². The van der Waals surface area contributed by atoms with E-state index in [-0.39, 0.29) is 23.8 Å². The Hall–Kier alpha value is -3.29. The number of benzene rings is 1. The molecule has 1 aromatic heterocycles. The number of ether oxygens (including phenoxy) is 2. The zero-order valence-corrected chi connectivity index (χ0v) is 22.5. The van der Waals surface area contributed by atoms with Gasteiger partial charge in [0.1, 0.15) is 21.8 Å². The van der Waals surface area contributed by atoms with Gasteiger partial charge in [0.05, 0.1) is 11.4 Å². The van der Waals surface area contributed by atoms with E-state index in [1.54, 1.807) is 16.4 Å². The molecule has 2 fully saturated rings. The molecule has 0 aliphatic carbocycles. The van der Waals surface area contributed by atoms with Gasteiger partial charge in [0.25, 0.3) is 11.5 Å². The number of carbonyl (C=O) groups is 1. The summed E-state index contributed by atoms with van der Waals surface area (Å²) in [6.45, 7) is 6.48. The number of thiocarbonyl (C=S) groups is 1. The number of anilines is 1. The first-order valence-corrected chi connectivity index (χ1v) is 13.7. The first-order chi connectivity index (χ1) is 17.9. The molecule has 192 valence electrons. The van der Waals surface area contributed by atoms with Gasteiger partial charge in [-0.3, -0.25) is 19.1 Å². The highest BCUT2D eigenvalue weighted by Gasteiger charge is 2.34. The highest BCUT2D eigenvalue weighted by atomic mass is 32.2. The number of nitrogens with zero attached hydrogens (tertiary/aromatic N) is 4. The largest absolute Gasteiger partial charge is 0.454 e. The Kier molecular flexibility index (Phi) is 7.26. The third-order valence-corrected chi connectivity index (χ3v) is 8.25. The molecule has 0 bridgehead atoms. The number of aromatic nitrogens is 1. The van der Waals surface area contributed by atoms with Crippen LogP contribution in [-0.2, 0) is 17.9 Å². The third-order valence-electron chi connectivity index (χ3n) is 6.88. The summed E-state index contributed by atoms with van der Waals surface area (Å²) >= 11 is 6.84. The van der Waals surface area contributed by atoms with E-state index in [1.807, 2.05) is 31.2 Å². The molecule has 4 heterocycles. The number of rotatable bonds is 6. The molecular formula is C27H28N4O4S2. The monoisotopic (exact) mass is 536 g/mol. The Morgan fingerprint density at radius 1 is 1.16 bits per heavy atom. The number of fused-ring (bicyclic) bond motifs is 1. The number of nitriles is 1. The average Bonchev–Trinajstić information content (AvgIpc) is 3.47. The molecule has 1 amide bonds. The first kappa shape index (κ1) is 25.4. The fraction of sp³-hybridized carbons (Fsp3) is 0.407. The second-order valence-electron chi connectivity index (χ2n) is 9.31. The van der Waals surface area contributed by atoms with Gasteiger partial charge in [0.2, 0.25) is 6.79 Å². The molecule has 0 radical (unpaired) electrons. The van der Waals surface area contributed by atoms with Crippen LogP contribution in [0.25, 0.3) is 6.08 Å². The van der Waals surface area contributed by atoms with E-state index in [1.165, 1.54) is 11.8 Å². The lowest BCUT2D eigenvalue weighted by atomic mass is 10.0. The van der Waals surface area contributed by atoms with E-state index in [4.69, 9.17) is 21.7 Å². The fourth-order valence-electron chi connectivity index (χ4n) is 5.01. The van der Waals surface area contributed by atoms with Crippen LogP contribution in [-0.4, -0.2) is 39.6 Å². The molecule has 0 unspecified atom stereocenters. The van der Waals surface area contributed by atoms with Crippen molar-refractivity contribution in [3.05, 3.63) is 55.7 Å². The second kappa shape index (κ2) is 10.6. The van der Waals surface area contributed by atoms with Gasteiger partial charge in [-0.05, 0) is 61.9 Å². The minimum absolute atomic E-state index is 0.122. The van der Waals surface area contributed by atoms with Gasteiger partial charge in [-0.2, -0.15) is 5.26 Å². The standard InChI is InChI=1S/C27H28N4O4S2/c1-3-9-30-24(29-10-5-4-6-11-29)19(17(2)20(14-28)25(30)32)13-23-26(33)31(27(36)37-23)15-18-7-8-21-22(12-18)35-16-34-21/h7-8,12-13H,3-6,9-11,15-16H2,1-2H3. The number of piperidine rings is 1. The summed E-state index contributed by atoms with van der Waals surface area (Å²) < 4.78 is 13.0. The molecule has 0 atom stereocenters. The quantitative estimate of drug-likeness (QED) is 0.392. The topological polar surface area (TPSA) is 87.8 Å². The van der Waals surface area contributed by atoms with E-state index in [2.05, 4.69) is 11.0 Å². The highest BCUT2D eigenvalue weighted by molar-refractivity contribution is 8.26. The van der Waals surface area contributed by atoms with Crippen molar-refractivity contribution >= 4 is 46.1 Å². The number of carbonyl (C=O) groups excluding carboxylic acids is 1. The van der Waals surface area contributed by atoms with Crippen LogP contribution < -0.4 is 19.9 Å². The molecule has 0 spiro atoms. The molecule has 5 rings (SSSR count). The lowest BCUT2D eigenvalue weighted by molar-refractivity contribution is -0.122. The summed E-state index contributed by atoms with van der Waals surface area (Å²) in [4.78, 5) is 31.1. The third kappa shape index (κ3) is 4.74. The van der Waals surface area contributed by atoms with Crippen molar-refractivity contribution in [1.29, 1.82) is 5.26 Å². The zero-order chi connectivity index (χ0) is 26.1. The van der Waals surface area contributed by atoms with Crippen molar-refractivity contribution < 1.29 is 14.3 Å². The summed E-state index contributed by atoms with van der Waals surface area (Å²) in [7, 11) is 0. The van der Waals surface area contributed by atoms with Crippen LogP contribution in [0.4, 0.5) is 5.82 Å². The van der Waals surface area contributed by atoms with E-state index < -0.39 is 0 Å². The van der Waals surface area contributed by atoms with E-state index >= 15 is 0 Å². The molecule has 1 aromatic carbocycles. The zero-order valence-electron chi connectivity index (χ0n) is 20.9. The van der Waals surface area contributed by atoms with E-state index in [0.29, 0.717) is 39.4 Å². The fourth-order valence-corrected chi connectivity index (χ4v) is 6.25. The SMILES string of the molecule is CCCn1c(N2CCCCC2)c(C=C2SC(=S)N(Cc3ccc4c(c3)OCO4)C2=O)c(C)c(C#N)c1=O. The van der Waals surface area contributed by atoms with Gasteiger partial charge in [-0.15, -0.1) is 0 Å². The highest BCUT2D eigenvalue weighted by Crippen LogP contribution is 2.38. The van der Waals surface area contributed by atoms with E-state index in [0.717, 1.165) is 55.7 Å². The van der Waals surface area contributed by atoms with Crippen molar-refractivity contribution in [1.82, 2.24) is 9.47 Å². The Morgan fingerprint density at radius 3 is 2.65 bits per heavy atom. The molecule has 3 aliphatic rings. The number of hydrogen-bond acceptors (Lipinski definition) is 8. The Labute approximate surface area is 225 Å². The average molecular weight is 537 g/mol. The van der Waals surface area contributed by atoms with Crippen LogP contribution in [0.5, 0.6) is 11.5 Å². The number of thioether (sulfide) groups is 1. The molecule has 3 aliphatic heterocycles. The van der Waals surface area contributed by atoms with Gasteiger partial charge in [-0.1, -0.05) is 37.0 Å². The van der Waals surface area contributed by atoms with Crippen LogP contribution in [0.1, 0.15) is 54.9 Å². The molecule has 8 nitrogen and oxygen atoms in total. The Morgan fingerprint density at radius 2 is 1.92 bits per heavy atom. The molecule has 10 heteroatoms. The lowest BCUT2D eigenvalue weighted by Crippen LogP contribution is -2.37. The van der Waals surface area contributed by atoms with Gasteiger partial charge >= 0.3 is 0 Å². The van der Waals surface area contributed by atoms with Crippen molar-refractivity contribution in [3.63, 3.8) is 0 Å². The number of amides is 1. The van der Waals surface area contributed by atoms with E-state index in [9.17, 15) is 14.9 Å². The van der Waals surface area contributed by atoms with Crippen LogP contribution in [0.2, 0.25) is 0 Å². The maximum absolute atomic E-state index is 13.5. The smallest absolute Gasteiger partial charge is 0.270 e. The number of pyridine rings is 1. The molecule has 0 saturated carbocycles. The predicted octanol–water partition coefficient (Wildman–Crippen LogP) is 4.56. The maximum Gasteiger partial charge on any atom is 0.270 e. The van der Waals surface area contributed by atoms with Gasteiger partial charge in [0.15, 0.2) is 11.5 Å². The van der Waals surface area contributed by atoms with Crippen LogP contribution in [0.15, 0.2) is 27.9 Å². The minimum Gasteiger partial charge on any atom is -0.454 e. The molecule has 0 N–H and O–H groups in total. The van der Waals surface area contributed by atoms with Crippen molar-refractivity contribution in [2.45, 2.75) is 52.6 Å². The summed E-state index contributed by atoms with van der Waals surface area (Å²) in [5.41, 5.74) is 2.08. The molecule has 37 heavy (non-hydrogen) atoms. The van der Waals surface area contributed by atoms with Gasteiger partial charge < -0.3 is 14.4 Å². The molecule has 2 aromatic rings. The summed E-state index contributed by atoms with van der Waals surface area (Å²) in [5, 5.41) is 9.83. The normalized spacial score (nSPS) is 18.1. The summed E-state index contributed by atoms with van der Waals surface area (Å²) in [6.07, 6.45) is 5.81. The van der Waals surface area contributed by atoms with Crippen LogP contribution in [0.3, 0.4) is 0 Å². The number of hydrogen-bond donors (Lipinski definition) is 0. The minimum atomic E-state index is -0.269. The van der Waals surface area contributed by atoms with Crippen molar-refractivity contribution in [3.8, 4) is 17.6 Å². The molecular weight excluding hydrogens is 508 g/mol. The summed E-state index contributed by atoms with van der Waals surface area (Å²) in [6, 6.07) is 7.70. The predicted molar refractivity (Wildman–Crippen MR) is 148 cm³/mol. The summed E-state index contributed by atoms with van der Waals surface area (Å²) in [5.74, 6) is 1.94. The van der Waals surface area contributed by atoms with Crippen LogP contribution in [0, 0.1) is 18.3 Å². The Balaban J connectivity index is 1.55. The second-order valence-corrected chi connectivity index (χ2v) is 11.0. The molecule has 2 saturated heterocycles. The first-order valence-electron chi connectivity index (χ1n) is 12.5. The lowest BCUT2D eigenvalue weighted by Gasteiger charge is -2.33. The van der Waals surface area contributed by atoms with Gasteiger partial charge in [0, 0.05) is 25.2 Å². The maximum atomic E-state index is 13.5. The van der Waals surface area contributed by atoms with Crippen LogP contribution >= 0.6 is 24.0 Å². The Bertz CT molecular complexity index is 1400. The van der Waals surface area contributed by atoms with Crippen molar-refractivity contribution in [2.24, 2.45) is 0 Å².